The summed E-state index contributed by atoms with van der Waals surface area (Å²) in [6, 6.07) is 3.86. The first-order chi connectivity index (χ1) is 8.74. The second kappa shape index (κ2) is 5.81. The second-order valence-electron chi connectivity index (χ2n) is 4.12. The lowest BCUT2D eigenvalue weighted by Crippen LogP contribution is -2.35. The number of carboxylic acids is 1. The van der Waals surface area contributed by atoms with E-state index in [-0.39, 0.29) is 23.5 Å². The van der Waals surface area contributed by atoms with Gasteiger partial charge in [-0.05, 0) is 24.6 Å². The Balaban J connectivity index is 3.18. The zero-order chi connectivity index (χ0) is 14.6. The number of rotatable bonds is 5. The van der Waals surface area contributed by atoms with Crippen LogP contribution in [0.15, 0.2) is 18.2 Å². The summed E-state index contributed by atoms with van der Waals surface area (Å²) in [7, 11) is 0. The first kappa shape index (κ1) is 15.1. The highest BCUT2D eigenvalue weighted by Gasteiger charge is 2.32. The number of nitrogens with zero attached hydrogens (tertiary/aromatic N) is 1. The van der Waals surface area contributed by atoms with Gasteiger partial charge >= 0.3 is 12.1 Å². The highest BCUT2D eigenvalue weighted by molar-refractivity contribution is 5.95. The molecule has 1 aromatic rings. The molecule has 0 atom stereocenters. The van der Waals surface area contributed by atoms with Gasteiger partial charge in [0, 0.05) is 12.2 Å². The summed E-state index contributed by atoms with van der Waals surface area (Å²) in [5.41, 5.74) is 5.47. The maximum atomic E-state index is 12.5. The molecular weight excluding hydrogens is 261 g/mol. The third kappa shape index (κ3) is 4.35. The Labute approximate surface area is 108 Å². The molecule has 0 spiro atoms. The molecule has 0 radical (unpaired) electrons. The summed E-state index contributed by atoms with van der Waals surface area (Å²) in [4.78, 5) is 12.1. The van der Waals surface area contributed by atoms with Crippen LogP contribution in [0.25, 0.3) is 0 Å². The molecule has 0 fully saturated rings. The molecule has 19 heavy (non-hydrogen) atoms. The van der Waals surface area contributed by atoms with Crippen LogP contribution in [-0.2, 0) is 0 Å². The van der Waals surface area contributed by atoms with Gasteiger partial charge in [-0.25, -0.2) is 4.79 Å². The Bertz CT molecular complexity index is 461. The Morgan fingerprint density at radius 3 is 2.53 bits per heavy atom. The Morgan fingerprint density at radius 2 is 2.05 bits per heavy atom. The number of benzene rings is 1. The van der Waals surface area contributed by atoms with Crippen LogP contribution < -0.4 is 10.6 Å². The van der Waals surface area contributed by atoms with Crippen molar-refractivity contribution in [3.8, 4) is 0 Å². The van der Waals surface area contributed by atoms with E-state index >= 15 is 0 Å². The lowest BCUT2D eigenvalue weighted by molar-refractivity contribution is -0.119. The Morgan fingerprint density at radius 1 is 1.42 bits per heavy atom. The molecule has 1 rings (SSSR count). The SMILES string of the molecule is CCCN(CC(F)(F)F)c1ccc(N)cc1C(=O)O. The largest absolute Gasteiger partial charge is 0.478 e. The zero-order valence-corrected chi connectivity index (χ0v) is 10.4. The van der Waals surface area contributed by atoms with Crippen molar-refractivity contribution in [2.75, 3.05) is 23.7 Å². The predicted octanol–water partition coefficient (Wildman–Crippen LogP) is 2.75. The molecule has 0 saturated heterocycles. The predicted molar refractivity (Wildman–Crippen MR) is 66.4 cm³/mol. The monoisotopic (exact) mass is 276 g/mol. The number of halogens is 3. The van der Waals surface area contributed by atoms with E-state index in [2.05, 4.69) is 0 Å². The van der Waals surface area contributed by atoms with E-state index in [1.54, 1.807) is 6.92 Å². The van der Waals surface area contributed by atoms with Gasteiger partial charge in [-0.1, -0.05) is 6.92 Å². The summed E-state index contributed by atoms with van der Waals surface area (Å²) < 4.78 is 37.5. The average Bonchev–Trinajstić information content (AvgIpc) is 2.26. The first-order valence-corrected chi connectivity index (χ1v) is 5.69. The molecule has 0 bridgehead atoms. The third-order valence-electron chi connectivity index (χ3n) is 2.46. The van der Waals surface area contributed by atoms with Gasteiger partial charge < -0.3 is 15.7 Å². The minimum atomic E-state index is -4.40. The van der Waals surface area contributed by atoms with Crippen molar-refractivity contribution in [3.05, 3.63) is 23.8 Å². The first-order valence-electron chi connectivity index (χ1n) is 5.69. The van der Waals surface area contributed by atoms with Crippen LogP contribution in [0.1, 0.15) is 23.7 Å². The van der Waals surface area contributed by atoms with Crippen LogP contribution in [0.3, 0.4) is 0 Å². The summed E-state index contributed by atoms with van der Waals surface area (Å²) in [5.74, 6) is -1.30. The van der Waals surface area contributed by atoms with E-state index in [0.717, 1.165) is 11.0 Å². The number of aromatic carboxylic acids is 1. The van der Waals surface area contributed by atoms with Crippen LogP contribution in [-0.4, -0.2) is 30.3 Å². The van der Waals surface area contributed by atoms with E-state index in [1.165, 1.54) is 12.1 Å². The smallest absolute Gasteiger partial charge is 0.405 e. The molecule has 1 aromatic carbocycles. The molecule has 3 N–H and O–H groups in total. The molecule has 0 aliphatic carbocycles. The summed E-state index contributed by atoms with van der Waals surface area (Å²) in [6.07, 6.45) is -3.92. The van der Waals surface area contributed by atoms with Crippen molar-refractivity contribution in [2.45, 2.75) is 19.5 Å². The fourth-order valence-electron chi connectivity index (χ4n) is 1.77. The number of carbonyl (C=O) groups is 1. The van der Waals surface area contributed by atoms with Crippen molar-refractivity contribution >= 4 is 17.3 Å². The number of anilines is 2. The number of alkyl halides is 3. The minimum absolute atomic E-state index is 0.0286. The maximum Gasteiger partial charge on any atom is 0.405 e. The molecular formula is C12H15F3N2O2. The number of nitrogen functional groups attached to an aromatic ring is 1. The van der Waals surface area contributed by atoms with Gasteiger partial charge in [0.1, 0.15) is 6.54 Å². The van der Waals surface area contributed by atoms with Crippen molar-refractivity contribution in [1.29, 1.82) is 0 Å². The quantitative estimate of drug-likeness (QED) is 0.811. The van der Waals surface area contributed by atoms with Crippen LogP contribution in [0.2, 0.25) is 0 Å². The Kier molecular flexibility index (Phi) is 4.63. The number of carboxylic acid groups (broad SMARTS) is 1. The number of hydrogen-bond donors (Lipinski definition) is 2. The van der Waals surface area contributed by atoms with Gasteiger partial charge in [-0.3, -0.25) is 0 Å². The van der Waals surface area contributed by atoms with Crippen LogP contribution in [0.5, 0.6) is 0 Å². The molecule has 0 aliphatic heterocycles. The molecule has 0 heterocycles. The van der Waals surface area contributed by atoms with Gasteiger partial charge in [-0.2, -0.15) is 13.2 Å². The van der Waals surface area contributed by atoms with Gasteiger partial charge in [-0.15, -0.1) is 0 Å². The summed E-state index contributed by atoms with van der Waals surface area (Å²) in [5, 5.41) is 9.04. The minimum Gasteiger partial charge on any atom is -0.478 e. The molecule has 0 aliphatic rings. The van der Waals surface area contributed by atoms with E-state index < -0.39 is 18.7 Å². The standard InChI is InChI=1S/C12H15F3N2O2/c1-2-5-17(7-12(13,14)15)10-4-3-8(16)6-9(10)11(18)19/h3-4,6H,2,5,7,16H2,1H3,(H,18,19). The summed E-state index contributed by atoms with van der Waals surface area (Å²) >= 11 is 0. The van der Waals surface area contributed by atoms with Gasteiger partial charge in [0.15, 0.2) is 0 Å². The molecule has 0 amide bonds. The van der Waals surface area contributed by atoms with E-state index in [9.17, 15) is 18.0 Å². The Hall–Kier alpha value is -1.92. The van der Waals surface area contributed by atoms with Gasteiger partial charge in [0.25, 0.3) is 0 Å². The van der Waals surface area contributed by atoms with Crippen molar-refractivity contribution in [2.24, 2.45) is 0 Å². The highest BCUT2D eigenvalue weighted by atomic mass is 19.4. The zero-order valence-electron chi connectivity index (χ0n) is 10.4. The van der Waals surface area contributed by atoms with Crippen molar-refractivity contribution in [3.63, 3.8) is 0 Å². The molecule has 0 aromatic heterocycles. The van der Waals surface area contributed by atoms with Crippen molar-refractivity contribution < 1.29 is 23.1 Å². The van der Waals surface area contributed by atoms with E-state index in [0.29, 0.717) is 6.42 Å². The van der Waals surface area contributed by atoms with Crippen LogP contribution in [0.4, 0.5) is 24.5 Å². The lowest BCUT2D eigenvalue weighted by atomic mass is 10.1. The molecule has 106 valence electrons. The topological polar surface area (TPSA) is 66.6 Å². The lowest BCUT2D eigenvalue weighted by Gasteiger charge is -2.27. The molecule has 0 unspecified atom stereocenters. The second-order valence-corrected chi connectivity index (χ2v) is 4.12. The third-order valence-corrected chi connectivity index (χ3v) is 2.46. The maximum absolute atomic E-state index is 12.5. The number of nitrogens with two attached hydrogens (primary N) is 1. The normalized spacial score (nSPS) is 11.4. The molecule has 7 heteroatoms. The number of hydrogen-bond acceptors (Lipinski definition) is 3. The average molecular weight is 276 g/mol. The molecule has 4 nitrogen and oxygen atoms in total. The van der Waals surface area contributed by atoms with Crippen molar-refractivity contribution in [1.82, 2.24) is 0 Å². The van der Waals surface area contributed by atoms with E-state index in [1.807, 2.05) is 0 Å². The van der Waals surface area contributed by atoms with Gasteiger partial charge in [0.2, 0.25) is 0 Å². The van der Waals surface area contributed by atoms with Crippen LogP contribution >= 0.6 is 0 Å². The summed E-state index contributed by atoms with van der Waals surface area (Å²) in [6.45, 7) is 0.649. The van der Waals surface area contributed by atoms with E-state index in [4.69, 9.17) is 10.8 Å². The fraction of sp³-hybridized carbons (Fsp3) is 0.417. The molecule has 0 saturated carbocycles. The highest BCUT2D eigenvalue weighted by Crippen LogP contribution is 2.27. The fourth-order valence-corrected chi connectivity index (χ4v) is 1.77. The van der Waals surface area contributed by atoms with Gasteiger partial charge in [0.05, 0.1) is 11.3 Å². The van der Waals surface area contributed by atoms with Crippen LogP contribution in [0, 0.1) is 0 Å².